The molecule has 2 fully saturated rings. The van der Waals surface area contributed by atoms with Crippen LogP contribution in [-0.4, -0.2) is 42.1 Å². The van der Waals surface area contributed by atoms with Gasteiger partial charge in [0.05, 0.1) is 18.7 Å². The van der Waals surface area contributed by atoms with Gasteiger partial charge in [0.15, 0.2) is 0 Å². The van der Waals surface area contributed by atoms with Gasteiger partial charge in [-0.25, -0.2) is 4.79 Å². The summed E-state index contributed by atoms with van der Waals surface area (Å²) < 4.78 is 5.29. The molecular weight excluding hydrogens is 372 g/mol. The summed E-state index contributed by atoms with van der Waals surface area (Å²) in [5.74, 6) is -1.74. The topological polar surface area (TPSA) is 95.9 Å². The van der Waals surface area contributed by atoms with Crippen LogP contribution in [0.25, 0.3) is 0 Å². The van der Waals surface area contributed by atoms with Gasteiger partial charge in [-0.3, -0.25) is 9.59 Å². The molecule has 7 nitrogen and oxygen atoms in total. The van der Waals surface area contributed by atoms with Gasteiger partial charge in [-0.2, -0.15) is 0 Å². The Labute approximate surface area is 162 Å². The van der Waals surface area contributed by atoms with E-state index in [4.69, 9.17) is 16.3 Å². The van der Waals surface area contributed by atoms with Gasteiger partial charge in [0.25, 0.3) is 0 Å². The highest BCUT2D eigenvalue weighted by atomic mass is 35.5. The number of nitrogens with one attached hydrogen (secondary N) is 1. The Morgan fingerprint density at radius 1 is 1.30 bits per heavy atom. The third-order valence-corrected chi connectivity index (χ3v) is 5.64. The first-order valence-corrected chi connectivity index (χ1v) is 9.43. The fourth-order valence-electron chi connectivity index (χ4n) is 3.88. The average Bonchev–Trinajstić information content (AvgIpc) is 3.04. The minimum atomic E-state index is -1.22. The number of hydrogen-bond donors (Lipinski definition) is 2. The number of carbonyl (C=O) groups excluding carboxylic acids is 2. The van der Waals surface area contributed by atoms with Crippen LogP contribution in [0.4, 0.5) is 5.69 Å². The summed E-state index contributed by atoms with van der Waals surface area (Å²) in [6.45, 7) is 0.164. The molecule has 1 saturated heterocycles. The number of anilines is 1. The van der Waals surface area contributed by atoms with Crippen LogP contribution in [0.1, 0.15) is 38.5 Å². The minimum Gasteiger partial charge on any atom is -0.495 e. The third-order valence-electron chi connectivity index (χ3n) is 5.41. The summed E-state index contributed by atoms with van der Waals surface area (Å²) >= 11 is 6.04. The fraction of sp³-hybridized carbons (Fsp3) is 0.526. The lowest BCUT2D eigenvalue weighted by Crippen LogP contribution is -2.57. The van der Waals surface area contributed by atoms with Crippen molar-refractivity contribution in [3.05, 3.63) is 23.2 Å². The first-order chi connectivity index (χ1) is 12.9. The Morgan fingerprint density at radius 2 is 2.00 bits per heavy atom. The molecular formula is C19H23ClN2O5. The summed E-state index contributed by atoms with van der Waals surface area (Å²) in [6, 6.07) is 4.95. The number of hydrogen-bond acceptors (Lipinski definition) is 4. The Balaban J connectivity index is 1.76. The quantitative estimate of drug-likeness (QED) is 0.800. The van der Waals surface area contributed by atoms with Gasteiger partial charge in [0.2, 0.25) is 11.8 Å². The second-order valence-electron chi connectivity index (χ2n) is 7.16. The number of benzene rings is 1. The van der Waals surface area contributed by atoms with Crippen molar-refractivity contribution >= 4 is 35.1 Å². The average molecular weight is 395 g/mol. The lowest BCUT2D eigenvalue weighted by Gasteiger charge is -2.34. The summed E-state index contributed by atoms with van der Waals surface area (Å²) in [4.78, 5) is 38.5. The van der Waals surface area contributed by atoms with E-state index in [1.54, 1.807) is 18.2 Å². The Hall–Kier alpha value is -2.28. The molecule has 0 aromatic heterocycles. The molecule has 0 bridgehead atoms. The molecule has 1 saturated carbocycles. The first kappa shape index (κ1) is 19.5. The van der Waals surface area contributed by atoms with E-state index >= 15 is 0 Å². The van der Waals surface area contributed by atoms with Crippen LogP contribution < -0.4 is 15.0 Å². The van der Waals surface area contributed by atoms with Crippen molar-refractivity contribution in [3.63, 3.8) is 0 Å². The number of carbonyl (C=O) groups is 3. The summed E-state index contributed by atoms with van der Waals surface area (Å²) in [7, 11) is 1.50. The number of amides is 2. The van der Waals surface area contributed by atoms with Crippen LogP contribution in [0.2, 0.25) is 5.02 Å². The van der Waals surface area contributed by atoms with Gasteiger partial charge >= 0.3 is 5.97 Å². The van der Waals surface area contributed by atoms with Crippen molar-refractivity contribution in [2.75, 3.05) is 18.6 Å². The molecule has 1 aliphatic heterocycles. The van der Waals surface area contributed by atoms with E-state index in [0.29, 0.717) is 29.3 Å². The minimum absolute atomic E-state index is 0.0250. The van der Waals surface area contributed by atoms with Crippen LogP contribution in [-0.2, 0) is 14.4 Å². The highest BCUT2D eigenvalue weighted by molar-refractivity contribution is 6.31. The van der Waals surface area contributed by atoms with Crippen molar-refractivity contribution in [1.82, 2.24) is 5.32 Å². The van der Waals surface area contributed by atoms with Crippen molar-refractivity contribution in [2.24, 2.45) is 5.92 Å². The number of carboxylic acids is 1. The van der Waals surface area contributed by atoms with E-state index < -0.39 is 23.3 Å². The summed E-state index contributed by atoms with van der Waals surface area (Å²) in [5.41, 5.74) is -0.713. The third kappa shape index (κ3) is 3.88. The molecule has 27 heavy (non-hydrogen) atoms. The van der Waals surface area contributed by atoms with Crippen LogP contribution in [0.5, 0.6) is 5.75 Å². The van der Waals surface area contributed by atoms with Gasteiger partial charge in [-0.15, -0.1) is 0 Å². The zero-order chi connectivity index (χ0) is 19.6. The molecule has 146 valence electrons. The summed E-state index contributed by atoms with van der Waals surface area (Å²) in [5, 5.41) is 12.8. The zero-order valence-corrected chi connectivity index (χ0v) is 15.9. The van der Waals surface area contributed by atoms with Gasteiger partial charge in [0.1, 0.15) is 11.3 Å². The van der Waals surface area contributed by atoms with E-state index in [9.17, 15) is 19.5 Å². The lowest BCUT2D eigenvalue weighted by atomic mass is 9.81. The second-order valence-corrected chi connectivity index (χ2v) is 7.60. The normalized spacial score (nSPS) is 21.8. The standard InChI is InChI=1S/C19H23ClN2O5/c1-27-15-6-5-13(20)10-14(15)22-11-12(9-16(22)23)17(24)21-19(18(25)26)7-3-2-4-8-19/h5-6,10,12H,2-4,7-9,11H2,1H3,(H,21,24)(H,25,26)/t12-/m0/s1. The predicted molar refractivity (Wildman–Crippen MR) is 100 cm³/mol. The maximum atomic E-state index is 12.8. The molecule has 2 amide bonds. The Kier molecular flexibility index (Phi) is 5.60. The van der Waals surface area contributed by atoms with Crippen molar-refractivity contribution < 1.29 is 24.2 Å². The molecule has 0 spiro atoms. The maximum Gasteiger partial charge on any atom is 0.329 e. The van der Waals surface area contributed by atoms with Crippen molar-refractivity contribution in [2.45, 2.75) is 44.1 Å². The molecule has 2 aliphatic rings. The molecule has 1 heterocycles. The molecule has 1 aromatic rings. The number of rotatable bonds is 5. The predicted octanol–water partition coefficient (Wildman–Crippen LogP) is 2.61. The highest BCUT2D eigenvalue weighted by Gasteiger charge is 2.44. The van der Waals surface area contributed by atoms with Gasteiger partial charge in [0, 0.05) is 18.0 Å². The SMILES string of the molecule is COc1ccc(Cl)cc1N1C[C@@H](C(=O)NC2(C(=O)O)CCCCC2)CC1=O. The van der Waals surface area contributed by atoms with Crippen molar-refractivity contribution in [3.8, 4) is 5.75 Å². The van der Waals surface area contributed by atoms with E-state index in [1.807, 2.05) is 0 Å². The smallest absolute Gasteiger partial charge is 0.329 e. The van der Waals surface area contributed by atoms with E-state index in [2.05, 4.69) is 5.32 Å². The molecule has 8 heteroatoms. The number of ether oxygens (including phenoxy) is 1. The lowest BCUT2D eigenvalue weighted by molar-refractivity contribution is -0.149. The second kappa shape index (κ2) is 7.76. The highest BCUT2D eigenvalue weighted by Crippen LogP contribution is 2.36. The van der Waals surface area contributed by atoms with Crippen LogP contribution in [0.15, 0.2) is 18.2 Å². The number of aliphatic carboxylic acids is 1. The van der Waals surface area contributed by atoms with E-state index in [1.165, 1.54) is 12.0 Å². The number of carboxylic acid groups (broad SMARTS) is 1. The molecule has 2 N–H and O–H groups in total. The van der Waals surface area contributed by atoms with E-state index in [-0.39, 0.29) is 18.9 Å². The molecule has 3 rings (SSSR count). The molecule has 0 radical (unpaired) electrons. The number of nitrogens with zero attached hydrogens (tertiary/aromatic N) is 1. The van der Waals surface area contributed by atoms with E-state index in [0.717, 1.165) is 19.3 Å². The van der Waals surface area contributed by atoms with Crippen LogP contribution in [0.3, 0.4) is 0 Å². The summed E-state index contributed by atoms with van der Waals surface area (Å²) in [6.07, 6.45) is 3.36. The van der Waals surface area contributed by atoms with Gasteiger partial charge < -0.3 is 20.1 Å². The molecule has 1 aromatic carbocycles. The van der Waals surface area contributed by atoms with Gasteiger partial charge in [-0.05, 0) is 31.0 Å². The first-order valence-electron chi connectivity index (χ1n) is 9.05. The molecule has 1 atom stereocenters. The Morgan fingerprint density at radius 3 is 2.63 bits per heavy atom. The number of methoxy groups -OCH3 is 1. The van der Waals surface area contributed by atoms with Crippen LogP contribution >= 0.6 is 11.6 Å². The number of halogens is 1. The maximum absolute atomic E-state index is 12.8. The Bertz CT molecular complexity index is 760. The largest absolute Gasteiger partial charge is 0.495 e. The van der Waals surface area contributed by atoms with Gasteiger partial charge in [-0.1, -0.05) is 30.9 Å². The van der Waals surface area contributed by atoms with Crippen molar-refractivity contribution in [1.29, 1.82) is 0 Å². The van der Waals surface area contributed by atoms with Crippen LogP contribution in [0, 0.1) is 5.92 Å². The zero-order valence-electron chi connectivity index (χ0n) is 15.2. The fourth-order valence-corrected chi connectivity index (χ4v) is 4.04. The molecule has 0 unspecified atom stereocenters. The monoisotopic (exact) mass is 394 g/mol. The molecule has 1 aliphatic carbocycles.